The average molecular weight is 288 g/mol. The SMILES string of the molecule is Cc1ccc(C(Cl)=C(C#N)c2ccccc2)cc1Cl. The van der Waals surface area contributed by atoms with Crippen molar-refractivity contribution in [1.82, 2.24) is 0 Å². The fraction of sp³-hybridized carbons (Fsp3) is 0.0625. The molecule has 1 nitrogen and oxygen atoms in total. The third kappa shape index (κ3) is 2.98. The summed E-state index contributed by atoms with van der Waals surface area (Å²) in [6.07, 6.45) is 0. The van der Waals surface area contributed by atoms with Gasteiger partial charge >= 0.3 is 0 Å². The lowest BCUT2D eigenvalue weighted by Gasteiger charge is -2.06. The normalized spacial score (nSPS) is 11.7. The van der Waals surface area contributed by atoms with Crippen LogP contribution in [0.15, 0.2) is 48.5 Å². The Morgan fingerprint density at radius 3 is 2.32 bits per heavy atom. The van der Waals surface area contributed by atoms with Gasteiger partial charge in [-0.2, -0.15) is 5.26 Å². The van der Waals surface area contributed by atoms with Gasteiger partial charge in [-0.05, 0) is 29.7 Å². The van der Waals surface area contributed by atoms with Gasteiger partial charge in [0.2, 0.25) is 0 Å². The van der Waals surface area contributed by atoms with Gasteiger partial charge in [0, 0.05) is 5.02 Å². The summed E-state index contributed by atoms with van der Waals surface area (Å²) in [5.74, 6) is 0. The molecule has 2 rings (SSSR count). The second-order valence-corrected chi connectivity index (χ2v) is 4.92. The maximum atomic E-state index is 9.31. The Kier molecular flexibility index (Phi) is 4.27. The molecule has 0 N–H and O–H groups in total. The second-order valence-electron chi connectivity index (χ2n) is 4.13. The standard InChI is InChI=1S/C16H11Cl2N/c1-11-7-8-13(9-15(11)17)16(18)14(10-19)12-5-3-2-4-6-12/h2-9H,1H3. The molecular formula is C16H11Cl2N. The first-order chi connectivity index (χ1) is 9.13. The zero-order valence-electron chi connectivity index (χ0n) is 10.3. The van der Waals surface area contributed by atoms with Crippen molar-refractivity contribution in [1.29, 1.82) is 5.26 Å². The van der Waals surface area contributed by atoms with Crippen LogP contribution in [-0.2, 0) is 0 Å². The Morgan fingerprint density at radius 1 is 1.05 bits per heavy atom. The topological polar surface area (TPSA) is 23.8 Å². The average Bonchev–Trinajstić information content (AvgIpc) is 2.44. The molecule has 0 spiro atoms. The molecule has 0 aliphatic rings. The Bertz CT molecular complexity index is 667. The molecule has 0 heterocycles. The van der Waals surface area contributed by atoms with E-state index in [9.17, 15) is 5.26 Å². The van der Waals surface area contributed by atoms with Crippen molar-refractivity contribution >= 4 is 33.8 Å². The van der Waals surface area contributed by atoms with Crippen LogP contribution < -0.4 is 0 Å². The van der Waals surface area contributed by atoms with Crippen molar-refractivity contribution in [3.63, 3.8) is 0 Å². The number of halogens is 2. The van der Waals surface area contributed by atoms with Crippen molar-refractivity contribution < 1.29 is 0 Å². The third-order valence-corrected chi connectivity index (χ3v) is 3.63. The maximum Gasteiger partial charge on any atom is 0.101 e. The monoisotopic (exact) mass is 287 g/mol. The first-order valence-corrected chi connectivity index (χ1v) is 6.51. The summed E-state index contributed by atoms with van der Waals surface area (Å²) in [4.78, 5) is 0. The van der Waals surface area contributed by atoms with Crippen molar-refractivity contribution in [2.24, 2.45) is 0 Å². The molecule has 0 unspecified atom stereocenters. The minimum Gasteiger partial charge on any atom is -0.192 e. The minimum atomic E-state index is 0.413. The van der Waals surface area contributed by atoms with E-state index in [1.165, 1.54) is 0 Å². The smallest absolute Gasteiger partial charge is 0.101 e. The predicted octanol–water partition coefficient (Wildman–Crippen LogP) is 5.28. The molecule has 0 fully saturated rings. The van der Waals surface area contributed by atoms with Crippen LogP contribution in [0.3, 0.4) is 0 Å². The predicted molar refractivity (Wildman–Crippen MR) is 80.9 cm³/mol. The maximum absolute atomic E-state index is 9.31. The van der Waals surface area contributed by atoms with Gasteiger partial charge in [0.15, 0.2) is 0 Å². The number of hydrogen-bond acceptors (Lipinski definition) is 1. The van der Waals surface area contributed by atoms with E-state index < -0.39 is 0 Å². The Hall–Kier alpha value is -1.75. The highest BCUT2D eigenvalue weighted by Crippen LogP contribution is 2.31. The number of allylic oxidation sites excluding steroid dienone is 1. The molecule has 2 aromatic carbocycles. The van der Waals surface area contributed by atoms with Gasteiger partial charge in [-0.15, -0.1) is 0 Å². The molecular weight excluding hydrogens is 277 g/mol. The molecule has 19 heavy (non-hydrogen) atoms. The molecule has 0 atom stereocenters. The summed E-state index contributed by atoms with van der Waals surface area (Å²) < 4.78 is 0. The number of hydrogen-bond donors (Lipinski definition) is 0. The van der Waals surface area contributed by atoms with Crippen LogP contribution >= 0.6 is 23.2 Å². The summed E-state index contributed by atoms with van der Waals surface area (Å²) >= 11 is 12.4. The van der Waals surface area contributed by atoms with E-state index in [0.717, 1.165) is 16.7 Å². The summed E-state index contributed by atoms with van der Waals surface area (Å²) in [6.45, 7) is 1.92. The zero-order valence-corrected chi connectivity index (χ0v) is 11.8. The van der Waals surface area contributed by atoms with Gasteiger partial charge in [0.1, 0.15) is 6.07 Å². The lowest BCUT2D eigenvalue weighted by molar-refractivity contribution is 1.46. The molecule has 3 heteroatoms. The third-order valence-electron chi connectivity index (χ3n) is 2.82. The minimum absolute atomic E-state index is 0.413. The van der Waals surface area contributed by atoms with Crippen LogP contribution in [0.1, 0.15) is 16.7 Å². The van der Waals surface area contributed by atoms with Crippen molar-refractivity contribution in [3.05, 3.63) is 70.2 Å². The molecule has 0 saturated heterocycles. The highest BCUT2D eigenvalue weighted by molar-refractivity contribution is 6.53. The summed E-state index contributed by atoms with van der Waals surface area (Å²) in [7, 11) is 0. The van der Waals surface area contributed by atoms with Crippen LogP contribution in [0.5, 0.6) is 0 Å². The van der Waals surface area contributed by atoms with Crippen molar-refractivity contribution in [2.45, 2.75) is 6.92 Å². The lowest BCUT2D eigenvalue weighted by Crippen LogP contribution is -1.87. The Labute approximate surface area is 122 Å². The number of nitriles is 1. The van der Waals surface area contributed by atoms with Gasteiger partial charge in [0.05, 0.1) is 10.6 Å². The fourth-order valence-electron chi connectivity index (χ4n) is 1.72. The number of nitrogens with zero attached hydrogens (tertiary/aromatic N) is 1. The fourth-order valence-corrected chi connectivity index (χ4v) is 2.17. The van der Waals surface area contributed by atoms with E-state index in [1.807, 2.05) is 49.4 Å². The van der Waals surface area contributed by atoms with Gasteiger partial charge in [0.25, 0.3) is 0 Å². The highest BCUT2D eigenvalue weighted by Gasteiger charge is 2.10. The van der Waals surface area contributed by atoms with Crippen LogP contribution in [0.25, 0.3) is 10.6 Å². The van der Waals surface area contributed by atoms with Crippen LogP contribution in [0.4, 0.5) is 0 Å². The molecule has 0 aliphatic heterocycles. The molecule has 0 radical (unpaired) electrons. The van der Waals surface area contributed by atoms with Crippen molar-refractivity contribution in [3.8, 4) is 6.07 Å². The van der Waals surface area contributed by atoms with Gasteiger partial charge in [-0.1, -0.05) is 65.7 Å². The van der Waals surface area contributed by atoms with Crippen molar-refractivity contribution in [2.75, 3.05) is 0 Å². The molecule has 0 bridgehead atoms. The number of rotatable bonds is 2. The number of benzene rings is 2. The van der Waals surface area contributed by atoms with E-state index in [4.69, 9.17) is 23.2 Å². The zero-order chi connectivity index (χ0) is 13.8. The Balaban J connectivity index is 2.56. The molecule has 2 aromatic rings. The van der Waals surface area contributed by atoms with E-state index >= 15 is 0 Å². The summed E-state index contributed by atoms with van der Waals surface area (Å²) in [5, 5.41) is 10.4. The summed E-state index contributed by atoms with van der Waals surface area (Å²) in [5.41, 5.74) is 2.97. The molecule has 0 aromatic heterocycles. The van der Waals surface area contributed by atoms with E-state index in [0.29, 0.717) is 15.6 Å². The van der Waals surface area contributed by atoms with Crippen LogP contribution in [-0.4, -0.2) is 0 Å². The van der Waals surface area contributed by atoms with Crippen LogP contribution in [0, 0.1) is 18.3 Å². The molecule has 0 saturated carbocycles. The van der Waals surface area contributed by atoms with E-state index in [1.54, 1.807) is 6.07 Å². The van der Waals surface area contributed by atoms with Gasteiger partial charge in [-0.25, -0.2) is 0 Å². The second kappa shape index (κ2) is 5.93. The highest BCUT2D eigenvalue weighted by atomic mass is 35.5. The van der Waals surface area contributed by atoms with Crippen LogP contribution in [0.2, 0.25) is 5.02 Å². The molecule has 0 aliphatic carbocycles. The van der Waals surface area contributed by atoms with E-state index in [-0.39, 0.29) is 0 Å². The summed E-state index contributed by atoms with van der Waals surface area (Å²) in [6, 6.07) is 17.0. The van der Waals surface area contributed by atoms with Gasteiger partial charge < -0.3 is 0 Å². The van der Waals surface area contributed by atoms with Gasteiger partial charge in [-0.3, -0.25) is 0 Å². The Morgan fingerprint density at radius 2 is 1.74 bits per heavy atom. The molecule has 0 amide bonds. The first kappa shape index (κ1) is 13.7. The van der Waals surface area contributed by atoms with E-state index in [2.05, 4.69) is 6.07 Å². The quantitative estimate of drug-likeness (QED) is 0.545. The first-order valence-electron chi connectivity index (χ1n) is 5.75. The largest absolute Gasteiger partial charge is 0.192 e. The molecule has 94 valence electrons. The lowest BCUT2D eigenvalue weighted by atomic mass is 10.0. The number of aryl methyl sites for hydroxylation is 1.